The molecule has 2 N–H and O–H groups in total. The molecular formula is C25H24IN3O4. The van der Waals surface area contributed by atoms with Gasteiger partial charge in [-0.2, -0.15) is 0 Å². The summed E-state index contributed by atoms with van der Waals surface area (Å²) in [4.78, 5) is 32.0. The van der Waals surface area contributed by atoms with Crippen molar-refractivity contribution in [2.75, 3.05) is 5.32 Å². The van der Waals surface area contributed by atoms with E-state index in [0.29, 0.717) is 15.2 Å². The van der Waals surface area contributed by atoms with Crippen LogP contribution in [0.5, 0.6) is 0 Å². The van der Waals surface area contributed by atoms with Gasteiger partial charge in [0.05, 0.1) is 17.7 Å². The molecule has 0 saturated carbocycles. The molecule has 5 rings (SSSR count). The quantitative estimate of drug-likeness (QED) is 0.369. The average Bonchev–Trinajstić information content (AvgIpc) is 3.43. The highest BCUT2D eigenvalue weighted by Gasteiger charge is 2.67. The molecule has 0 aliphatic carbocycles. The monoisotopic (exact) mass is 557 g/mol. The van der Waals surface area contributed by atoms with Crippen molar-refractivity contribution < 1.29 is 18.7 Å². The van der Waals surface area contributed by atoms with Crippen molar-refractivity contribution in [2.45, 2.75) is 49.8 Å². The molecule has 0 unspecified atom stereocenters. The molecule has 7 nitrogen and oxygen atoms in total. The Balaban J connectivity index is 1.77. The third kappa shape index (κ3) is 3.56. The van der Waals surface area contributed by atoms with Gasteiger partial charge in [-0.3, -0.25) is 19.9 Å². The Labute approximate surface area is 205 Å². The topological polar surface area (TPSA) is 93.5 Å². The normalized spacial score (nSPS) is 26.3. The lowest BCUT2D eigenvalue weighted by Crippen LogP contribution is -2.44. The van der Waals surface area contributed by atoms with Crippen molar-refractivity contribution in [3.8, 4) is 0 Å². The van der Waals surface area contributed by atoms with Crippen LogP contribution in [0.15, 0.2) is 65.2 Å². The number of carbonyl (C=O) groups is 2. The molecule has 1 spiro atoms. The maximum absolute atomic E-state index is 13.9. The van der Waals surface area contributed by atoms with E-state index in [1.54, 1.807) is 6.20 Å². The number of fused-ring (bicyclic) bond motifs is 2. The lowest BCUT2D eigenvalue weighted by atomic mass is 9.65. The van der Waals surface area contributed by atoms with Gasteiger partial charge in [-0.25, -0.2) is 0 Å². The maximum atomic E-state index is 13.9. The number of furan rings is 1. The highest BCUT2D eigenvalue weighted by Crippen LogP contribution is 2.59. The highest BCUT2D eigenvalue weighted by atomic mass is 127. The van der Waals surface area contributed by atoms with Crippen molar-refractivity contribution in [1.29, 1.82) is 0 Å². The predicted molar refractivity (Wildman–Crippen MR) is 131 cm³/mol. The minimum Gasteiger partial charge on any atom is -0.459 e. The van der Waals surface area contributed by atoms with E-state index in [0.717, 1.165) is 11.3 Å². The van der Waals surface area contributed by atoms with E-state index in [2.05, 4.69) is 38.2 Å². The molecule has 4 heterocycles. The first kappa shape index (κ1) is 22.1. The fourth-order valence-electron chi connectivity index (χ4n) is 5.06. The zero-order valence-electron chi connectivity index (χ0n) is 18.5. The van der Waals surface area contributed by atoms with E-state index in [4.69, 9.17) is 9.15 Å². The second-order valence-corrected chi connectivity index (χ2v) is 10.4. The summed E-state index contributed by atoms with van der Waals surface area (Å²) in [6.45, 7) is 5.48. The van der Waals surface area contributed by atoms with Crippen molar-refractivity contribution >= 4 is 40.2 Å². The van der Waals surface area contributed by atoms with Crippen LogP contribution in [0.3, 0.4) is 0 Å². The molecular weight excluding hydrogens is 533 g/mol. The van der Waals surface area contributed by atoms with Gasteiger partial charge in [-0.05, 0) is 79.3 Å². The Kier molecular flexibility index (Phi) is 5.32. The SMILES string of the molecule is CC(C)(C)OC(=O)[C@H]1N[C@H](c2ccccn2)[C@]2(C(=O)Nc3ccccc32)[C@@H]1c1ccc(I)o1. The molecule has 2 aliphatic heterocycles. The van der Waals surface area contributed by atoms with E-state index in [9.17, 15) is 9.59 Å². The maximum Gasteiger partial charge on any atom is 0.324 e. The Hall–Kier alpha value is -2.72. The Bertz CT molecular complexity index is 1220. The number of benzene rings is 1. The number of pyridine rings is 1. The number of amides is 1. The van der Waals surface area contributed by atoms with Crippen molar-refractivity contribution in [3.63, 3.8) is 0 Å². The summed E-state index contributed by atoms with van der Waals surface area (Å²) in [5, 5.41) is 6.47. The Morgan fingerprint density at radius 2 is 1.88 bits per heavy atom. The van der Waals surface area contributed by atoms with Gasteiger partial charge < -0.3 is 14.5 Å². The Morgan fingerprint density at radius 3 is 2.55 bits per heavy atom. The van der Waals surface area contributed by atoms with Crippen LogP contribution in [-0.4, -0.2) is 28.5 Å². The van der Waals surface area contributed by atoms with Crippen LogP contribution in [0.2, 0.25) is 0 Å². The lowest BCUT2D eigenvalue weighted by molar-refractivity contribution is -0.157. The van der Waals surface area contributed by atoms with Crippen LogP contribution < -0.4 is 10.6 Å². The third-order valence-electron chi connectivity index (χ3n) is 6.17. The van der Waals surface area contributed by atoms with Crippen LogP contribution in [0.1, 0.15) is 49.7 Å². The number of nitrogens with zero attached hydrogens (tertiary/aromatic N) is 1. The number of carbonyl (C=O) groups excluding carboxylic acids is 2. The fraction of sp³-hybridized carbons (Fsp3) is 0.320. The number of rotatable bonds is 3. The first-order valence-corrected chi connectivity index (χ1v) is 11.9. The van der Waals surface area contributed by atoms with Gasteiger partial charge in [-0.1, -0.05) is 24.3 Å². The summed E-state index contributed by atoms with van der Waals surface area (Å²) in [5.74, 6) is -0.734. The second-order valence-electron chi connectivity index (χ2n) is 9.35. The van der Waals surface area contributed by atoms with Gasteiger partial charge in [0.25, 0.3) is 0 Å². The van der Waals surface area contributed by atoms with E-state index < -0.39 is 35.0 Å². The third-order valence-corrected chi connectivity index (χ3v) is 6.75. The van der Waals surface area contributed by atoms with Gasteiger partial charge >= 0.3 is 5.97 Å². The molecule has 2 aromatic heterocycles. The van der Waals surface area contributed by atoms with E-state index in [1.807, 2.05) is 75.4 Å². The summed E-state index contributed by atoms with van der Waals surface area (Å²) in [5.41, 5.74) is 0.351. The molecule has 33 heavy (non-hydrogen) atoms. The fourth-order valence-corrected chi connectivity index (χ4v) is 5.50. The van der Waals surface area contributed by atoms with E-state index >= 15 is 0 Å². The number of hydrogen-bond acceptors (Lipinski definition) is 6. The number of esters is 1. The standard InChI is InChI=1S/C25H24IN3O4/c1-24(2,3)33-22(30)20-19(17-11-12-18(26)32-17)25(21(29-20)16-10-6-7-13-27-16)14-8-4-5-9-15(14)28-23(25)31/h4-13,19-21,29H,1-3H3,(H,28,31)/t19-,20+,21-,25-/m1/s1. The summed E-state index contributed by atoms with van der Waals surface area (Å²) >= 11 is 2.09. The van der Waals surface area contributed by atoms with Crippen molar-refractivity contribution in [3.05, 3.63) is 81.6 Å². The van der Waals surface area contributed by atoms with E-state index in [-0.39, 0.29) is 5.91 Å². The zero-order chi connectivity index (χ0) is 23.4. The number of aromatic nitrogens is 1. The van der Waals surface area contributed by atoms with Crippen LogP contribution in [-0.2, 0) is 19.7 Å². The van der Waals surface area contributed by atoms with Crippen LogP contribution >= 0.6 is 22.6 Å². The molecule has 170 valence electrons. The second kappa shape index (κ2) is 7.95. The number of hydrogen-bond donors (Lipinski definition) is 2. The molecule has 1 fully saturated rings. The number of para-hydroxylation sites is 1. The van der Waals surface area contributed by atoms with E-state index in [1.165, 1.54) is 0 Å². The molecule has 0 radical (unpaired) electrons. The molecule has 2 aliphatic rings. The lowest BCUT2D eigenvalue weighted by Gasteiger charge is -2.33. The summed E-state index contributed by atoms with van der Waals surface area (Å²) < 4.78 is 12.5. The molecule has 0 bridgehead atoms. The zero-order valence-corrected chi connectivity index (χ0v) is 20.6. The van der Waals surface area contributed by atoms with Crippen molar-refractivity contribution in [1.82, 2.24) is 10.3 Å². The van der Waals surface area contributed by atoms with Gasteiger partial charge in [0, 0.05) is 11.9 Å². The van der Waals surface area contributed by atoms with Crippen LogP contribution in [0.4, 0.5) is 5.69 Å². The van der Waals surface area contributed by atoms with Gasteiger partial charge in [0.15, 0.2) is 3.77 Å². The largest absolute Gasteiger partial charge is 0.459 e. The smallest absolute Gasteiger partial charge is 0.324 e. The van der Waals surface area contributed by atoms with Gasteiger partial charge in [-0.15, -0.1) is 0 Å². The number of halogens is 1. The summed E-state index contributed by atoms with van der Waals surface area (Å²) in [6.07, 6.45) is 1.69. The first-order valence-electron chi connectivity index (χ1n) is 10.8. The molecule has 3 aromatic rings. The van der Waals surface area contributed by atoms with Crippen molar-refractivity contribution in [2.24, 2.45) is 0 Å². The Morgan fingerprint density at radius 1 is 1.12 bits per heavy atom. The number of ether oxygens (including phenoxy) is 1. The molecule has 1 saturated heterocycles. The molecule has 1 aromatic carbocycles. The molecule has 8 heteroatoms. The predicted octanol–water partition coefficient (Wildman–Crippen LogP) is 4.31. The molecule has 4 atom stereocenters. The van der Waals surface area contributed by atoms with Crippen LogP contribution in [0.25, 0.3) is 0 Å². The average molecular weight is 557 g/mol. The summed E-state index contributed by atoms with van der Waals surface area (Å²) in [6, 6.07) is 15.4. The summed E-state index contributed by atoms with van der Waals surface area (Å²) in [7, 11) is 0. The minimum atomic E-state index is -1.16. The highest BCUT2D eigenvalue weighted by molar-refractivity contribution is 14.1. The number of anilines is 1. The van der Waals surface area contributed by atoms with Crippen LogP contribution in [0, 0.1) is 3.77 Å². The number of nitrogens with one attached hydrogen (secondary N) is 2. The molecule has 1 amide bonds. The van der Waals surface area contributed by atoms with Gasteiger partial charge in [0.2, 0.25) is 5.91 Å². The minimum absolute atomic E-state index is 0.200. The van der Waals surface area contributed by atoms with Gasteiger partial charge in [0.1, 0.15) is 22.8 Å². The first-order chi connectivity index (χ1) is 15.7.